The molecule has 2 rings (SSSR count). The standard InChI is InChI=1S/C11H14N6S/c1-12-9-14-10(17(2)3)16-11(15-9)18-8-6-4-5-7-13-8/h4-7H,1-3H3,(H,12,14,15,16). The van der Waals surface area contributed by atoms with Gasteiger partial charge in [-0.3, -0.25) is 0 Å². The van der Waals surface area contributed by atoms with Crippen molar-refractivity contribution in [1.29, 1.82) is 0 Å². The van der Waals surface area contributed by atoms with E-state index in [0.717, 1.165) is 5.03 Å². The fourth-order valence-corrected chi connectivity index (χ4v) is 1.91. The van der Waals surface area contributed by atoms with Crippen LogP contribution in [-0.2, 0) is 0 Å². The average Bonchev–Trinajstić information content (AvgIpc) is 2.39. The number of rotatable bonds is 4. The van der Waals surface area contributed by atoms with Crippen LogP contribution in [0.1, 0.15) is 0 Å². The lowest BCUT2D eigenvalue weighted by Gasteiger charge is -2.11. The first-order chi connectivity index (χ1) is 8.69. The van der Waals surface area contributed by atoms with Gasteiger partial charge in [0.25, 0.3) is 0 Å². The van der Waals surface area contributed by atoms with E-state index in [2.05, 4.69) is 25.3 Å². The van der Waals surface area contributed by atoms with Crippen molar-refractivity contribution in [3.05, 3.63) is 24.4 Å². The van der Waals surface area contributed by atoms with Crippen molar-refractivity contribution >= 4 is 23.7 Å². The Balaban J connectivity index is 2.30. The molecule has 0 saturated carbocycles. The Morgan fingerprint density at radius 2 is 2.00 bits per heavy atom. The second kappa shape index (κ2) is 5.63. The van der Waals surface area contributed by atoms with Crippen LogP contribution in [0.5, 0.6) is 0 Å². The highest BCUT2D eigenvalue weighted by Gasteiger charge is 2.08. The van der Waals surface area contributed by atoms with E-state index in [4.69, 9.17) is 0 Å². The summed E-state index contributed by atoms with van der Waals surface area (Å²) in [5.74, 6) is 1.17. The maximum atomic E-state index is 4.36. The van der Waals surface area contributed by atoms with Crippen LogP contribution in [0.3, 0.4) is 0 Å². The Kier molecular flexibility index (Phi) is 3.93. The molecule has 7 heteroatoms. The SMILES string of the molecule is CNc1nc(Sc2ccccn2)nc(N(C)C)n1. The van der Waals surface area contributed by atoms with E-state index in [1.807, 2.05) is 37.2 Å². The van der Waals surface area contributed by atoms with Crippen molar-refractivity contribution in [2.75, 3.05) is 31.4 Å². The van der Waals surface area contributed by atoms with Gasteiger partial charge in [-0.2, -0.15) is 15.0 Å². The van der Waals surface area contributed by atoms with E-state index in [-0.39, 0.29) is 0 Å². The van der Waals surface area contributed by atoms with Crippen molar-refractivity contribution < 1.29 is 0 Å². The second-order valence-corrected chi connectivity index (χ2v) is 4.64. The molecule has 0 aliphatic carbocycles. The quantitative estimate of drug-likeness (QED) is 0.896. The average molecular weight is 262 g/mol. The third-order valence-electron chi connectivity index (χ3n) is 2.06. The molecule has 18 heavy (non-hydrogen) atoms. The molecule has 2 aromatic rings. The smallest absolute Gasteiger partial charge is 0.230 e. The van der Waals surface area contributed by atoms with Gasteiger partial charge in [0.1, 0.15) is 5.03 Å². The summed E-state index contributed by atoms with van der Waals surface area (Å²) in [5, 5.41) is 4.40. The minimum atomic E-state index is 0.548. The topological polar surface area (TPSA) is 66.8 Å². The van der Waals surface area contributed by atoms with Crippen molar-refractivity contribution in [3.8, 4) is 0 Å². The minimum Gasteiger partial charge on any atom is -0.357 e. The molecule has 0 spiro atoms. The molecule has 0 unspecified atom stereocenters. The predicted molar refractivity (Wildman–Crippen MR) is 72.1 cm³/mol. The zero-order chi connectivity index (χ0) is 13.0. The van der Waals surface area contributed by atoms with Gasteiger partial charge < -0.3 is 10.2 Å². The van der Waals surface area contributed by atoms with Crippen LogP contribution < -0.4 is 10.2 Å². The zero-order valence-electron chi connectivity index (χ0n) is 10.5. The fraction of sp³-hybridized carbons (Fsp3) is 0.273. The Bertz CT molecular complexity index is 516. The van der Waals surface area contributed by atoms with Gasteiger partial charge in [-0.15, -0.1) is 0 Å². The van der Waals surface area contributed by atoms with Crippen LogP contribution in [0.2, 0.25) is 0 Å². The Morgan fingerprint density at radius 1 is 1.17 bits per heavy atom. The Labute approximate surface area is 110 Å². The van der Waals surface area contributed by atoms with Crippen molar-refractivity contribution in [1.82, 2.24) is 19.9 Å². The first-order valence-corrected chi connectivity index (χ1v) is 6.20. The highest BCUT2D eigenvalue weighted by Crippen LogP contribution is 2.23. The van der Waals surface area contributed by atoms with Gasteiger partial charge >= 0.3 is 0 Å². The first-order valence-electron chi connectivity index (χ1n) is 5.39. The molecule has 0 radical (unpaired) electrons. The summed E-state index contributed by atoms with van der Waals surface area (Å²) in [4.78, 5) is 19.0. The van der Waals surface area contributed by atoms with E-state index >= 15 is 0 Å². The molecule has 0 aliphatic rings. The van der Waals surface area contributed by atoms with Crippen LogP contribution in [0.25, 0.3) is 0 Å². The van der Waals surface area contributed by atoms with Gasteiger partial charge in [-0.05, 0) is 23.9 Å². The molecule has 2 heterocycles. The summed E-state index contributed by atoms with van der Waals surface area (Å²) in [5.41, 5.74) is 0. The molecule has 0 aliphatic heterocycles. The minimum absolute atomic E-state index is 0.548. The monoisotopic (exact) mass is 262 g/mol. The lowest BCUT2D eigenvalue weighted by atomic mass is 10.5. The van der Waals surface area contributed by atoms with Gasteiger partial charge in [0.05, 0.1) is 0 Å². The van der Waals surface area contributed by atoms with Gasteiger partial charge in [0.2, 0.25) is 17.1 Å². The van der Waals surface area contributed by atoms with Crippen molar-refractivity contribution in [2.45, 2.75) is 10.2 Å². The third kappa shape index (κ3) is 3.07. The maximum Gasteiger partial charge on any atom is 0.230 e. The van der Waals surface area contributed by atoms with E-state index in [1.165, 1.54) is 11.8 Å². The summed E-state index contributed by atoms with van der Waals surface area (Å²) < 4.78 is 0. The third-order valence-corrected chi connectivity index (χ3v) is 2.88. The van der Waals surface area contributed by atoms with Crippen molar-refractivity contribution in [2.24, 2.45) is 0 Å². The van der Waals surface area contributed by atoms with E-state index < -0.39 is 0 Å². The van der Waals surface area contributed by atoms with Crippen LogP contribution >= 0.6 is 11.8 Å². The second-order valence-electron chi connectivity index (χ2n) is 3.66. The van der Waals surface area contributed by atoms with E-state index in [0.29, 0.717) is 17.1 Å². The number of nitrogens with one attached hydrogen (secondary N) is 1. The Hall–Kier alpha value is -1.89. The zero-order valence-corrected chi connectivity index (χ0v) is 11.3. The molecule has 1 N–H and O–H groups in total. The summed E-state index contributed by atoms with van der Waals surface area (Å²) in [6.07, 6.45) is 1.75. The van der Waals surface area contributed by atoms with Crippen LogP contribution in [-0.4, -0.2) is 41.1 Å². The molecular weight excluding hydrogens is 248 g/mol. The molecule has 2 aromatic heterocycles. The molecule has 0 atom stereocenters. The van der Waals surface area contributed by atoms with Gasteiger partial charge in [-0.1, -0.05) is 6.07 Å². The van der Waals surface area contributed by atoms with Crippen LogP contribution in [0, 0.1) is 0 Å². The summed E-state index contributed by atoms with van der Waals surface area (Å²) in [6, 6.07) is 5.73. The van der Waals surface area contributed by atoms with Gasteiger partial charge in [0.15, 0.2) is 0 Å². The number of anilines is 2. The van der Waals surface area contributed by atoms with Crippen LogP contribution in [0.15, 0.2) is 34.6 Å². The van der Waals surface area contributed by atoms with Crippen LogP contribution in [0.4, 0.5) is 11.9 Å². The number of hydrogen-bond donors (Lipinski definition) is 1. The molecule has 0 saturated heterocycles. The van der Waals surface area contributed by atoms with E-state index in [1.54, 1.807) is 13.2 Å². The molecule has 0 aromatic carbocycles. The molecule has 0 amide bonds. The van der Waals surface area contributed by atoms with Crippen molar-refractivity contribution in [3.63, 3.8) is 0 Å². The Morgan fingerprint density at radius 3 is 2.61 bits per heavy atom. The first kappa shape index (κ1) is 12.6. The number of pyridine rings is 1. The fourth-order valence-electron chi connectivity index (χ4n) is 1.20. The largest absolute Gasteiger partial charge is 0.357 e. The predicted octanol–water partition coefficient (Wildman–Crippen LogP) is 1.53. The lowest BCUT2D eigenvalue weighted by molar-refractivity contribution is 0.868. The highest BCUT2D eigenvalue weighted by molar-refractivity contribution is 7.99. The summed E-state index contributed by atoms with van der Waals surface area (Å²) in [7, 11) is 5.57. The molecule has 0 bridgehead atoms. The highest BCUT2D eigenvalue weighted by atomic mass is 32.2. The summed E-state index contributed by atoms with van der Waals surface area (Å²) >= 11 is 1.41. The molecular formula is C11H14N6S. The number of aromatic nitrogens is 4. The molecule has 6 nitrogen and oxygen atoms in total. The normalized spacial score (nSPS) is 10.2. The molecule has 0 fully saturated rings. The number of hydrogen-bond acceptors (Lipinski definition) is 7. The maximum absolute atomic E-state index is 4.36. The number of nitrogens with zero attached hydrogens (tertiary/aromatic N) is 5. The molecule has 94 valence electrons. The van der Waals surface area contributed by atoms with Gasteiger partial charge in [0, 0.05) is 27.3 Å². The summed E-state index contributed by atoms with van der Waals surface area (Å²) in [6.45, 7) is 0. The lowest BCUT2D eigenvalue weighted by Crippen LogP contribution is -2.15. The van der Waals surface area contributed by atoms with E-state index in [9.17, 15) is 0 Å². The van der Waals surface area contributed by atoms with Gasteiger partial charge in [-0.25, -0.2) is 4.98 Å².